The fourth-order valence-corrected chi connectivity index (χ4v) is 3.18. The molecular formula is C17H27NO. The van der Waals surface area contributed by atoms with E-state index in [0.29, 0.717) is 6.04 Å². The first-order valence-electron chi connectivity index (χ1n) is 7.70. The molecule has 2 nitrogen and oxygen atoms in total. The second kappa shape index (κ2) is 7.54. The van der Waals surface area contributed by atoms with Gasteiger partial charge in [-0.3, -0.25) is 0 Å². The van der Waals surface area contributed by atoms with Gasteiger partial charge in [0.1, 0.15) is 5.75 Å². The third-order valence-electron chi connectivity index (χ3n) is 4.26. The Labute approximate surface area is 117 Å². The number of rotatable bonds is 6. The second-order valence-electron chi connectivity index (χ2n) is 5.62. The van der Waals surface area contributed by atoms with Crippen molar-refractivity contribution in [2.75, 3.05) is 13.7 Å². The van der Waals surface area contributed by atoms with Crippen molar-refractivity contribution in [1.29, 1.82) is 0 Å². The van der Waals surface area contributed by atoms with Gasteiger partial charge in [0.25, 0.3) is 0 Å². The Bertz CT molecular complexity index is 354. The maximum atomic E-state index is 5.24. The molecule has 1 aliphatic rings. The average molecular weight is 261 g/mol. The third kappa shape index (κ3) is 4.24. The molecule has 0 radical (unpaired) electrons. The largest absolute Gasteiger partial charge is 0.497 e. The first kappa shape index (κ1) is 14.4. The molecule has 1 aromatic rings. The molecule has 1 atom stereocenters. The van der Waals surface area contributed by atoms with Crippen molar-refractivity contribution in [3.8, 4) is 5.75 Å². The van der Waals surface area contributed by atoms with E-state index in [1.54, 1.807) is 7.11 Å². The molecular weight excluding hydrogens is 234 g/mol. The molecule has 0 heterocycles. The lowest BCUT2D eigenvalue weighted by Crippen LogP contribution is -2.24. The van der Waals surface area contributed by atoms with Crippen LogP contribution in [0.3, 0.4) is 0 Å². The number of ether oxygens (including phenoxy) is 1. The minimum atomic E-state index is 0.499. The van der Waals surface area contributed by atoms with Gasteiger partial charge in [0.2, 0.25) is 0 Å². The van der Waals surface area contributed by atoms with Gasteiger partial charge in [0.05, 0.1) is 7.11 Å². The number of hydrogen-bond acceptors (Lipinski definition) is 2. The second-order valence-corrected chi connectivity index (χ2v) is 5.62. The first-order valence-corrected chi connectivity index (χ1v) is 7.70. The van der Waals surface area contributed by atoms with E-state index in [1.807, 2.05) is 0 Å². The van der Waals surface area contributed by atoms with Gasteiger partial charge in [0.15, 0.2) is 0 Å². The van der Waals surface area contributed by atoms with Crippen LogP contribution in [-0.2, 0) is 0 Å². The van der Waals surface area contributed by atoms with Crippen LogP contribution in [0.2, 0.25) is 0 Å². The zero-order valence-corrected chi connectivity index (χ0v) is 12.3. The van der Waals surface area contributed by atoms with E-state index in [-0.39, 0.29) is 0 Å². The molecule has 1 aromatic carbocycles. The van der Waals surface area contributed by atoms with Gasteiger partial charge in [-0.1, -0.05) is 51.2 Å². The van der Waals surface area contributed by atoms with Crippen LogP contribution < -0.4 is 10.1 Å². The highest BCUT2D eigenvalue weighted by Crippen LogP contribution is 2.32. The Kier molecular flexibility index (Phi) is 5.71. The summed E-state index contributed by atoms with van der Waals surface area (Å²) in [5.41, 5.74) is 1.40. The molecule has 1 unspecified atom stereocenters. The zero-order valence-electron chi connectivity index (χ0n) is 12.3. The summed E-state index contributed by atoms with van der Waals surface area (Å²) in [7, 11) is 1.72. The Morgan fingerprint density at radius 3 is 2.42 bits per heavy atom. The summed E-state index contributed by atoms with van der Waals surface area (Å²) in [6.45, 7) is 3.22. The lowest BCUT2D eigenvalue weighted by atomic mass is 9.83. The predicted molar refractivity (Wildman–Crippen MR) is 80.6 cm³/mol. The van der Waals surface area contributed by atoms with Crippen molar-refractivity contribution in [3.05, 3.63) is 29.8 Å². The first-order chi connectivity index (χ1) is 9.33. The van der Waals surface area contributed by atoms with Crippen LogP contribution in [0.15, 0.2) is 24.3 Å². The average Bonchev–Trinajstić information content (AvgIpc) is 2.48. The minimum Gasteiger partial charge on any atom is -0.497 e. The number of benzene rings is 1. The quantitative estimate of drug-likeness (QED) is 0.823. The Balaban J connectivity index is 2.00. The summed E-state index contributed by atoms with van der Waals surface area (Å²) in [4.78, 5) is 0. The topological polar surface area (TPSA) is 21.3 Å². The number of hydrogen-bond donors (Lipinski definition) is 1. The molecule has 1 N–H and O–H groups in total. The normalized spacial score (nSPS) is 18.2. The predicted octanol–water partition coefficient (Wildman–Crippen LogP) is 4.32. The van der Waals surface area contributed by atoms with Gasteiger partial charge in [-0.05, 0) is 36.6 Å². The zero-order chi connectivity index (χ0) is 13.5. The smallest absolute Gasteiger partial charge is 0.118 e. The number of methoxy groups -OCH3 is 1. The Morgan fingerprint density at radius 2 is 1.84 bits per heavy atom. The fourth-order valence-electron chi connectivity index (χ4n) is 3.18. The van der Waals surface area contributed by atoms with Gasteiger partial charge in [-0.25, -0.2) is 0 Å². The summed E-state index contributed by atoms with van der Waals surface area (Å²) in [5, 5.41) is 3.64. The van der Waals surface area contributed by atoms with Crippen LogP contribution in [0, 0.1) is 5.92 Å². The van der Waals surface area contributed by atoms with E-state index in [2.05, 4.69) is 36.5 Å². The van der Waals surface area contributed by atoms with Crippen LogP contribution in [-0.4, -0.2) is 13.7 Å². The standard InChI is InChI=1S/C17H27NO/c1-3-18-17(13-14-7-5-4-6-8-14)15-9-11-16(19-2)12-10-15/h9-12,14,17-18H,3-8,13H2,1-2H3. The van der Waals surface area contributed by atoms with Crippen molar-refractivity contribution < 1.29 is 4.74 Å². The van der Waals surface area contributed by atoms with Crippen molar-refractivity contribution in [2.45, 2.75) is 51.5 Å². The molecule has 0 amide bonds. The highest BCUT2D eigenvalue weighted by molar-refractivity contribution is 5.29. The summed E-state index contributed by atoms with van der Waals surface area (Å²) in [5.74, 6) is 1.84. The molecule has 19 heavy (non-hydrogen) atoms. The fraction of sp³-hybridized carbons (Fsp3) is 0.647. The highest BCUT2D eigenvalue weighted by Gasteiger charge is 2.19. The maximum absolute atomic E-state index is 5.24. The Hall–Kier alpha value is -1.02. The van der Waals surface area contributed by atoms with Gasteiger partial charge >= 0.3 is 0 Å². The van der Waals surface area contributed by atoms with E-state index in [1.165, 1.54) is 44.1 Å². The van der Waals surface area contributed by atoms with Crippen LogP contribution in [0.1, 0.15) is 57.1 Å². The molecule has 1 saturated carbocycles. The lowest BCUT2D eigenvalue weighted by Gasteiger charge is -2.27. The molecule has 0 bridgehead atoms. The van der Waals surface area contributed by atoms with Crippen LogP contribution in [0.4, 0.5) is 0 Å². The molecule has 2 rings (SSSR count). The van der Waals surface area contributed by atoms with Crippen molar-refractivity contribution in [2.24, 2.45) is 5.92 Å². The molecule has 0 aromatic heterocycles. The van der Waals surface area contributed by atoms with Crippen molar-refractivity contribution in [3.63, 3.8) is 0 Å². The minimum absolute atomic E-state index is 0.499. The van der Waals surface area contributed by atoms with E-state index in [9.17, 15) is 0 Å². The molecule has 0 saturated heterocycles. The molecule has 0 spiro atoms. The summed E-state index contributed by atoms with van der Waals surface area (Å²) in [6.07, 6.45) is 8.39. The van der Waals surface area contributed by atoms with Crippen LogP contribution in [0.5, 0.6) is 5.75 Å². The van der Waals surface area contributed by atoms with Crippen LogP contribution >= 0.6 is 0 Å². The highest BCUT2D eigenvalue weighted by atomic mass is 16.5. The van der Waals surface area contributed by atoms with E-state index >= 15 is 0 Å². The number of nitrogens with one attached hydrogen (secondary N) is 1. The molecule has 2 heteroatoms. The summed E-state index contributed by atoms with van der Waals surface area (Å²) < 4.78 is 5.24. The monoisotopic (exact) mass is 261 g/mol. The van der Waals surface area contributed by atoms with E-state index in [4.69, 9.17) is 4.74 Å². The molecule has 1 fully saturated rings. The maximum Gasteiger partial charge on any atom is 0.118 e. The SMILES string of the molecule is CCNC(CC1CCCCC1)c1ccc(OC)cc1. The summed E-state index contributed by atoms with van der Waals surface area (Å²) >= 11 is 0. The van der Waals surface area contributed by atoms with Gasteiger partial charge in [0, 0.05) is 6.04 Å². The molecule has 1 aliphatic carbocycles. The van der Waals surface area contributed by atoms with Gasteiger partial charge in [-0.15, -0.1) is 0 Å². The van der Waals surface area contributed by atoms with Gasteiger partial charge in [-0.2, -0.15) is 0 Å². The van der Waals surface area contributed by atoms with Crippen LogP contribution in [0.25, 0.3) is 0 Å². The van der Waals surface area contributed by atoms with Crippen molar-refractivity contribution >= 4 is 0 Å². The lowest BCUT2D eigenvalue weighted by molar-refractivity contribution is 0.301. The van der Waals surface area contributed by atoms with Gasteiger partial charge < -0.3 is 10.1 Å². The molecule has 106 valence electrons. The van der Waals surface area contributed by atoms with E-state index < -0.39 is 0 Å². The molecule has 0 aliphatic heterocycles. The Morgan fingerprint density at radius 1 is 1.16 bits per heavy atom. The summed E-state index contributed by atoms with van der Waals surface area (Å²) in [6, 6.07) is 9.05. The van der Waals surface area contributed by atoms with Crippen molar-refractivity contribution in [1.82, 2.24) is 5.32 Å². The third-order valence-corrected chi connectivity index (χ3v) is 4.26. The van der Waals surface area contributed by atoms with E-state index in [0.717, 1.165) is 18.2 Å².